The summed E-state index contributed by atoms with van der Waals surface area (Å²) in [6.45, 7) is 14.4. The second kappa shape index (κ2) is 16.7. The Balaban J connectivity index is 1.88. The molecule has 1 aromatic carbocycles. The molecule has 2 rings (SSSR count). The molecule has 0 saturated carbocycles. The predicted molar refractivity (Wildman–Crippen MR) is 146 cm³/mol. The van der Waals surface area contributed by atoms with E-state index in [-0.39, 0.29) is 6.04 Å². The highest BCUT2D eigenvalue weighted by molar-refractivity contribution is 5.71. The monoisotopic (exact) mass is 468 g/mol. The molecule has 1 aromatic heterocycles. The highest BCUT2D eigenvalue weighted by Gasteiger charge is 2.11. The molecule has 1 heterocycles. The topological polar surface area (TPSA) is 45.4 Å². The lowest BCUT2D eigenvalue weighted by atomic mass is 10.0. The molecular formula is C30H50N3O+. The summed E-state index contributed by atoms with van der Waals surface area (Å²) in [5.74, 6) is 1.89. The Kier molecular flexibility index (Phi) is 13.9. The second-order valence-electron chi connectivity index (χ2n) is 9.79. The van der Waals surface area contributed by atoms with Gasteiger partial charge in [-0.3, -0.25) is 0 Å². The van der Waals surface area contributed by atoms with Crippen molar-refractivity contribution in [2.24, 2.45) is 5.73 Å². The van der Waals surface area contributed by atoms with Gasteiger partial charge in [0.15, 0.2) is 12.3 Å². The van der Waals surface area contributed by atoms with Gasteiger partial charge < -0.3 is 15.1 Å². The zero-order chi connectivity index (χ0) is 24.6. The molecule has 0 aliphatic rings. The summed E-state index contributed by atoms with van der Waals surface area (Å²) in [5.41, 5.74) is 9.11. The maximum atomic E-state index is 6.54. The number of rotatable bonds is 18. The predicted octanol–water partition coefficient (Wildman–Crippen LogP) is 7.09. The van der Waals surface area contributed by atoms with Crippen molar-refractivity contribution in [2.45, 2.75) is 98.1 Å². The molecule has 0 amide bonds. The minimum Gasteiger partial charge on any atom is -0.456 e. The standard InChI is InChI=1S/C30H50N3O/c1-5-8-9-11-23-33(25-29-19-14-26(4)34-29)24-27-15-17-28(18-16-27)30(31)13-10-12-22-32(20-6-2)21-7-3/h14-19,25,30H,5-13,20-24,31H2,1-4H3/q+1. The number of hydrogen-bond acceptors (Lipinski definition) is 3. The fourth-order valence-corrected chi connectivity index (χ4v) is 4.57. The van der Waals surface area contributed by atoms with E-state index in [9.17, 15) is 0 Å². The average molecular weight is 469 g/mol. The molecule has 0 bridgehead atoms. The van der Waals surface area contributed by atoms with Crippen LogP contribution < -0.4 is 5.73 Å². The van der Waals surface area contributed by atoms with Gasteiger partial charge in [0.25, 0.3) is 0 Å². The number of hydrogen-bond donors (Lipinski definition) is 1. The quantitative estimate of drug-likeness (QED) is 0.144. The average Bonchev–Trinajstić information content (AvgIpc) is 3.24. The Bertz CT molecular complexity index is 803. The Morgan fingerprint density at radius 1 is 0.853 bits per heavy atom. The first-order valence-corrected chi connectivity index (χ1v) is 13.8. The number of furan rings is 1. The third-order valence-electron chi connectivity index (χ3n) is 6.48. The summed E-state index contributed by atoms with van der Waals surface area (Å²) >= 11 is 0. The van der Waals surface area contributed by atoms with Gasteiger partial charge in [-0.15, -0.1) is 0 Å². The molecule has 4 heteroatoms. The van der Waals surface area contributed by atoms with Crippen molar-refractivity contribution in [1.29, 1.82) is 0 Å². The number of nitrogens with zero attached hydrogens (tertiary/aromatic N) is 2. The van der Waals surface area contributed by atoms with E-state index in [1.54, 1.807) is 0 Å². The van der Waals surface area contributed by atoms with E-state index in [1.165, 1.54) is 82.1 Å². The van der Waals surface area contributed by atoms with Gasteiger partial charge in [-0.05, 0) is 76.4 Å². The van der Waals surface area contributed by atoms with Crippen LogP contribution >= 0.6 is 0 Å². The van der Waals surface area contributed by atoms with Gasteiger partial charge in [0.2, 0.25) is 6.21 Å². The molecule has 2 N–H and O–H groups in total. The Labute approximate surface area is 209 Å². The van der Waals surface area contributed by atoms with Crippen LogP contribution in [0.25, 0.3) is 0 Å². The van der Waals surface area contributed by atoms with Crippen LogP contribution in [0.5, 0.6) is 0 Å². The first-order valence-electron chi connectivity index (χ1n) is 13.8. The van der Waals surface area contributed by atoms with Crippen LogP contribution in [-0.4, -0.2) is 41.9 Å². The fraction of sp³-hybridized carbons (Fsp3) is 0.633. The van der Waals surface area contributed by atoms with Crippen molar-refractivity contribution in [1.82, 2.24) is 4.90 Å². The Morgan fingerprint density at radius 3 is 2.21 bits per heavy atom. The number of benzene rings is 1. The molecule has 0 radical (unpaired) electrons. The maximum absolute atomic E-state index is 6.54. The lowest BCUT2D eigenvalue weighted by Gasteiger charge is -2.21. The second-order valence-corrected chi connectivity index (χ2v) is 9.79. The molecule has 0 fully saturated rings. The van der Waals surface area contributed by atoms with Crippen LogP contribution in [-0.2, 0) is 6.54 Å². The highest BCUT2D eigenvalue weighted by atomic mass is 16.3. The van der Waals surface area contributed by atoms with Crippen LogP contribution in [0.4, 0.5) is 0 Å². The van der Waals surface area contributed by atoms with E-state index >= 15 is 0 Å². The van der Waals surface area contributed by atoms with Crippen LogP contribution in [0.15, 0.2) is 40.8 Å². The molecule has 0 aliphatic heterocycles. The Hall–Kier alpha value is -1.91. The lowest BCUT2D eigenvalue weighted by molar-refractivity contribution is -0.540. The molecule has 0 aliphatic carbocycles. The first kappa shape index (κ1) is 28.3. The molecular weight excluding hydrogens is 418 g/mol. The van der Waals surface area contributed by atoms with Gasteiger partial charge in [-0.25, -0.2) is 4.58 Å². The lowest BCUT2D eigenvalue weighted by Crippen LogP contribution is -2.26. The fourth-order valence-electron chi connectivity index (χ4n) is 4.57. The number of unbranched alkanes of at least 4 members (excludes halogenated alkanes) is 4. The van der Waals surface area contributed by atoms with Gasteiger partial charge >= 0.3 is 0 Å². The molecule has 190 valence electrons. The summed E-state index contributed by atoms with van der Waals surface area (Å²) in [7, 11) is 0. The van der Waals surface area contributed by atoms with Crippen LogP contribution in [0, 0.1) is 6.92 Å². The van der Waals surface area contributed by atoms with Crippen molar-refractivity contribution in [3.05, 3.63) is 59.0 Å². The summed E-state index contributed by atoms with van der Waals surface area (Å²) in [6, 6.07) is 13.2. The highest BCUT2D eigenvalue weighted by Crippen LogP contribution is 2.18. The smallest absolute Gasteiger partial charge is 0.206 e. The van der Waals surface area contributed by atoms with Gasteiger partial charge in [0.05, 0.1) is 0 Å². The zero-order valence-corrected chi connectivity index (χ0v) is 22.4. The van der Waals surface area contributed by atoms with Crippen molar-refractivity contribution >= 4 is 6.21 Å². The van der Waals surface area contributed by atoms with Gasteiger partial charge in [-0.2, -0.15) is 0 Å². The zero-order valence-electron chi connectivity index (χ0n) is 22.4. The van der Waals surface area contributed by atoms with Crippen molar-refractivity contribution < 1.29 is 8.99 Å². The third kappa shape index (κ3) is 11.0. The molecule has 2 aromatic rings. The summed E-state index contributed by atoms with van der Waals surface area (Å²) in [4.78, 5) is 2.59. The van der Waals surface area contributed by atoms with Gasteiger partial charge in [0.1, 0.15) is 12.3 Å². The van der Waals surface area contributed by atoms with Crippen LogP contribution in [0.3, 0.4) is 0 Å². The molecule has 4 nitrogen and oxygen atoms in total. The minimum absolute atomic E-state index is 0.127. The van der Waals surface area contributed by atoms with Crippen LogP contribution in [0.2, 0.25) is 0 Å². The largest absolute Gasteiger partial charge is 0.456 e. The molecule has 1 unspecified atom stereocenters. The Morgan fingerprint density at radius 2 is 1.59 bits per heavy atom. The molecule has 0 saturated heterocycles. The van der Waals surface area contributed by atoms with Crippen molar-refractivity contribution in [3.63, 3.8) is 0 Å². The summed E-state index contributed by atoms with van der Waals surface area (Å²) in [6.07, 6.45) is 13.2. The van der Waals surface area contributed by atoms with E-state index in [2.05, 4.69) is 66.8 Å². The van der Waals surface area contributed by atoms with E-state index in [1.807, 2.05) is 13.0 Å². The number of nitrogens with two attached hydrogens (primary N) is 1. The van der Waals surface area contributed by atoms with Crippen molar-refractivity contribution in [3.8, 4) is 0 Å². The van der Waals surface area contributed by atoms with Gasteiger partial charge in [-0.1, -0.05) is 64.3 Å². The van der Waals surface area contributed by atoms with E-state index in [0.29, 0.717) is 0 Å². The maximum Gasteiger partial charge on any atom is 0.206 e. The SMILES string of the molecule is CCCCCC[N+](=Cc1ccc(C)o1)Cc1ccc(C(N)CCCCN(CCC)CCC)cc1. The normalized spacial score (nSPS) is 13.1. The van der Waals surface area contributed by atoms with E-state index in [0.717, 1.165) is 31.0 Å². The molecule has 34 heavy (non-hydrogen) atoms. The molecule has 1 atom stereocenters. The molecule has 0 spiro atoms. The minimum atomic E-state index is 0.127. The summed E-state index contributed by atoms with van der Waals surface area (Å²) in [5, 5.41) is 0. The summed E-state index contributed by atoms with van der Waals surface area (Å²) < 4.78 is 8.19. The van der Waals surface area contributed by atoms with Crippen LogP contribution in [0.1, 0.15) is 107 Å². The van der Waals surface area contributed by atoms with Gasteiger partial charge in [0, 0.05) is 18.0 Å². The third-order valence-corrected chi connectivity index (χ3v) is 6.48. The van der Waals surface area contributed by atoms with E-state index in [4.69, 9.17) is 10.2 Å². The first-order chi connectivity index (χ1) is 16.5. The number of aryl methyl sites for hydroxylation is 1. The van der Waals surface area contributed by atoms with Crippen molar-refractivity contribution in [2.75, 3.05) is 26.2 Å². The van der Waals surface area contributed by atoms with E-state index < -0.39 is 0 Å².